The highest BCUT2D eigenvalue weighted by Gasteiger charge is 2.23. The fourth-order valence-electron chi connectivity index (χ4n) is 3.98. The van der Waals surface area contributed by atoms with E-state index in [0.717, 1.165) is 38.9 Å². The zero-order valence-electron chi connectivity index (χ0n) is 17.0. The van der Waals surface area contributed by atoms with Crippen molar-refractivity contribution in [3.8, 4) is 0 Å². The molecule has 0 saturated carbocycles. The Morgan fingerprint density at radius 1 is 1.00 bits per heavy atom. The predicted molar refractivity (Wildman–Crippen MR) is 134 cm³/mol. The fourth-order valence-corrected chi connectivity index (χ4v) is 7.14. The Hall–Kier alpha value is -2.38. The molecule has 1 aliphatic rings. The van der Waals surface area contributed by atoms with Crippen LogP contribution in [0.5, 0.6) is 0 Å². The molecule has 0 atom stereocenters. The summed E-state index contributed by atoms with van der Waals surface area (Å²) in [7, 11) is -3.76. The highest BCUT2D eigenvalue weighted by molar-refractivity contribution is 7.94. The van der Waals surface area contributed by atoms with E-state index in [4.69, 9.17) is 28.2 Å². The molecule has 2 heterocycles. The van der Waals surface area contributed by atoms with Gasteiger partial charge in [0.25, 0.3) is 10.0 Å². The Morgan fingerprint density at radius 2 is 1.78 bits per heavy atom. The molecule has 1 aliphatic heterocycles. The standard InChI is InChI=1S/C24H18Cl2N2O2S2/c1-14-21-13-18(26)6-8-22(21)31-24(14)32(29,30)28-19-4-2-3-16(12-19)23-20-7-5-17(25)11-15(20)9-10-27-23/h2-8,11-13,28H,9-10H2,1H3. The predicted octanol–water partition coefficient (Wildman–Crippen LogP) is 6.71. The molecule has 0 bridgehead atoms. The maximum Gasteiger partial charge on any atom is 0.271 e. The highest BCUT2D eigenvalue weighted by Crippen LogP contribution is 2.36. The molecule has 0 radical (unpaired) electrons. The van der Waals surface area contributed by atoms with Gasteiger partial charge >= 0.3 is 0 Å². The molecule has 32 heavy (non-hydrogen) atoms. The topological polar surface area (TPSA) is 58.5 Å². The van der Waals surface area contributed by atoms with Crippen LogP contribution in [0.25, 0.3) is 10.1 Å². The van der Waals surface area contributed by atoms with Gasteiger partial charge < -0.3 is 0 Å². The first-order chi connectivity index (χ1) is 15.3. The number of benzene rings is 3. The van der Waals surface area contributed by atoms with Gasteiger partial charge in [0.1, 0.15) is 4.21 Å². The Bertz CT molecular complexity index is 1510. The van der Waals surface area contributed by atoms with Crippen molar-refractivity contribution in [2.75, 3.05) is 11.3 Å². The molecule has 3 aromatic carbocycles. The van der Waals surface area contributed by atoms with E-state index in [-0.39, 0.29) is 4.21 Å². The third-order valence-corrected chi connectivity index (χ3v) is 9.20. The molecular formula is C24H18Cl2N2O2S2. The molecule has 5 rings (SSSR count). The SMILES string of the molecule is Cc1c(S(=O)(=O)Nc2cccc(C3=NCCc4cc(Cl)ccc43)c2)sc2ccc(Cl)cc12. The van der Waals surface area contributed by atoms with Gasteiger partial charge in [-0.25, -0.2) is 8.42 Å². The largest absolute Gasteiger partial charge is 0.284 e. The number of fused-ring (bicyclic) bond motifs is 2. The maximum absolute atomic E-state index is 13.2. The molecule has 0 aliphatic carbocycles. The summed E-state index contributed by atoms with van der Waals surface area (Å²) in [5.74, 6) is 0. The molecule has 4 nitrogen and oxygen atoms in total. The van der Waals surface area contributed by atoms with Gasteiger partial charge in [-0.1, -0.05) is 41.4 Å². The van der Waals surface area contributed by atoms with Gasteiger partial charge in [-0.15, -0.1) is 11.3 Å². The van der Waals surface area contributed by atoms with Gasteiger partial charge in [-0.3, -0.25) is 9.71 Å². The number of nitrogens with one attached hydrogen (secondary N) is 1. The number of halogens is 2. The van der Waals surface area contributed by atoms with Crippen LogP contribution in [-0.2, 0) is 16.4 Å². The third kappa shape index (κ3) is 3.92. The van der Waals surface area contributed by atoms with Gasteiger partial charge in [0.2, 0.25) is 0 Å². The molecule has 1 aromatic heterocycles. The number of hydrogen-bond acceptors (Lipinski definition) is 4. The van der Waals surface area contributed by atoms with Crippen molar-refractivity contribution >= 4 is 66.0 Å². The molecule has 4 aromatic rings. The van der Waals surface area contributed by atoms with Crippen LogP contribution in [0.1, 0.15) is 22.3 Å². The van der Waals surface area contributed by atoms with Gasteiger partial charge in [0.05, 0.1) is 5.71 Å². The molecule has 1 N–H and O–H groups in total. The van der Waals surface area contributed by atoms with Crippen LogP contribution in [-0.4, -0.2) is 20.7 Å². The molecule has 0 fully saturated rings. The number of hydrogen-bond donors (Lipinski definition) is 1. The fraction of sp³-hybridized carbons (Fsp3) is 0.125. The van der Waals surface area contributed by atoms with E-state index in [1.54, 1.807) is 25.1 Å². The van der Waals surface area contributed by atoms with E-state index in [0.29, 0.717) is 27.8 Å². The second-order valence-electron chi connectivity index (χ2n) is 7.62. The third-order valence-electron chi connectivity index (χ3n) is 5.46. The van der Waals surface area contributed by atoms with Crippen molar-refractivity contribution < 1.29 is 8.42 Å². The Labute approximate surface area is 200 Å². The smallest absolute Gasteiger partial charge is 0.271 e. The summed E-state index contributed by atoms with van der Waals surface area (Å²) in [5, 5.41) is 2.13. The van der Waals surface area contributed by atoms with Crippen LogP contribution in [0, 0.1) is 6.92 Å². The monoisotopic (exact) mass is 500 g/mol. The number of sulfonamides is 1. The van der Waals surface area contributed by atoms with E-state index in [1.165, 1.54) is 11.3 Å². The minimum atomic E-state index is -3.76. The number of nitrogens with zero attached hydrogens (tertiary/aromatic N) is 1. The van der Waals surface area contributed by atoms with E-state index in [2.05, 4.69) is 4.72 Å². The van der Waals surface area contributed by atoms with Crippen molar-refractivity contribution in [3.63, 3.8) is 0 Å². The average molecular weight is 501 g/mol. The number of rotatable bonds is 4. The summed E-state index contributed by atoms with van der Waals surface area (Å²) in [6, 6.07) is 18.5. The van der Waals surface area contributed by atoms with Crippen LogP contribution in [0.15, 0.2) is 69.9 Å². The van der Waals surface area contributed by atoms with Gasteiger partial charge in [0.15, 0.2) is 0 Å². The maximum atomic E-state index is 13.2. The molecule has 0 saturated heterocycles. The zero-order chi connectivity index (χ0) is 22.5. The number of aliphatic imine (C=N–C) groups is 1. The first-order valence-electron chi connectivity index (χ1n) is 9.97. The van der Waals surface area contributed by atoms with E-state index < -0.39 is 10.0 Å². The van der Waals surface area contributed by atoms with E-state index in [1.807, 2.05) is 42.5 Å². The number of aryl methyl sites for hydroxylation is 1. The van der Waals surface area contributed by atoms with Crippen LogP contribution in [0.4, 0.5) is 5.69 Å². The van der Waals surface area contributed by atoms with Crippen LogP contribution in [0.3, 0.4) is 0 Å². The van der Waals surface area contributed by atoms with Crippen molar-refractivity contribution in [3.05, 3.63) is 93.0 Å². The molecule has 0 spiro atoms. The van der Waals surface area contributed by atoms with E-state index in [9.17, 15) is 8.42 Å². The lowest BCUT2D eigenvalue weighted by atomic mass is 9.93. The molecule has 0 unspecified atom stereocenters. The van der Waals surface area contributed by atoms with Crippen molar-refractivity contribution in [2.45, 2.75) is 17.6 Å². The first kappa shape index (κ1) is 21.5. The Morgan fingerprint density at radius 3 is 2.62 bits per heavy atom. The summed E-state index contributed by atoms with van der Waals surface area (Å²) in [4.78, 5) is 4.70. The lowest BCUT2D eigenvalue weighted by Crippen LogP contribution is -2.16. The van der Waals surface area contributed by atoms with Gasteiger partial charge in [-0.2, -0.15) is 0 Å². The molecular weight excluding hydrogens is 483 g/mol. The summed E-state index contributed by atoms with van der Waals surface area (Å²) in [6.07, 6.45) is 0.834. The summed E-state index contributed by atoms with van der Waals surface area (Å²) in [6.45, 7) is 2.47. The molecule has 162 valence electrons. The summed E-state index contributed by atoms with van der Waals surface area (Å²) in [5.41, 5.74) is 5.05. The highest BCUT2D eigenvalue weighted by atomic mass is 35.5. The molecule has 0 amide bonds. The van der Waals surface area contributed by atoms with Crippen LogP contribution >= 0.6 is 34.5 Å². The Balaban J connectivity index is 1.50. The quantitative estimate of drug-likeness (QED) is 0.338. The Kier molecular flexibility index (Phi) is 5.50. The second-order valence-corrected chi connectivity index (χ2v) is 11.4. The molecule has 8 heteroatoms. The van der Waals surface area contributed by atoms with E-state index >= 15 is 0 Å². The van der Waals surface area contributed by atoms with Crippen molar-refractivity contribution in [1.82, 2.24) is 0 Å². The number of thiophene rings is 1. The van der Waals surface area contributed by atoms with Crippen LogP contribution in [0.2, 0.25) is 10.0 Å². The minimum absolute atomic E-state index is 0.287. The summed E-state index contributed by atoms with van der Waals surface area (Å²) >= 11 is 13.5. The van der Waals surface area contributed by atoms with Crippen molar-refractivity contribution in [2.24, 2.45) is 4.99 Å². The lowest BCUT2D eigenvalue weighted by molar-refractivity contribution is 0.603. The average Bonchev–Trinajstić information content (AvgIpc) is 3.10. The second kappa shape index (κ2) is 8.19. The summed E-state index contributed by atoms with van der Waals surface area (Å²) < 4.78 is 30.4. The lowest BCUT2D eigenvalue weighted by Gasteiger charge is -2.18. The van der Waals surface area contributed by atoms with Crippen molar-refractivity contribution in [1.29, 1.82) is 0 Å². The van der Waals surface area contributed by atoms with Gasteiger partial charge in [0, 0.05) is 38.1 Å². The number of anilines is 1. The first-order valence-corrected chi connectivity index (χ1v) is 13.0. The normalized spacial score (nSPS) is 13.7. The minimum Gasteiger partial charge on any atom is -0.284 e. The van der Waals surface area contributed by atoms with Gasteiger partial charge in [-0.05, 0) is 72.3 Å². The van der Waals surface area contributed by atoms with Crippen LogP contribution < -0.4 is 4.72 Å². The zero-order valence-corrected chi connectivity index (χ0v) is 20.2.